The minimum atomic E-state index is 0.0365. The number of aryl methyl sites for hydroxylation is 1. The number of nitrogens with zero attached hydrogens (tertiary/aromatic N) is 4. The minimum Gasteiger partial charge on any atom is -0.355 e. The van der Waals surface area contributed by atoms with Gasteiger partial charge >= 0.3 is 0 Å². The Morgan fingerprint density at radius 1 is 1.37 bits per heavy atom. The van der Waals surface area contributed by atoms with Crippen molar-refractivity contribution in [1.29, 1.82) is 0 Å². The molecule has 146 valence electrons. The van der Waals surface area contributed by atoms with Crippen LogP contribution in [0, 0.1) is 12.8 Å². The summed E-state index contributed by atoms with van der Waals surface area (Å²) in [5.41, 5.74) is 2.70. The van der Waals surface area contributed by atoms with E-state index in [9.17, 15) is 0 Å². The summed E-state index contributed by atoms with van der Waals surface area (Å²) in [5.74, 6) is 1.63. The molecule has 3 rings (SSSR count). The summed E-state index contributed by atoms with van der Waals surface area (Å²) >= 11 is 0. The molecule has 1 aromatic heterocycles. The summed E-state index contributed by atoms with van der Waals surface area (Å²) in [6.45, 7) is 11.9. The summed E-state index contributed by atoms with van der Waals surface area (Å²) in [5, 5.41) is 3.63. The molecule has 1 fully saturated rings. The molecule has 1 aliphatic rings. The lowest BCUT2D eigenvalue weighted by atomic mass is 9.84. The second-order valence-corrected chi connectivity index (χ2v) is 8.44. The molecule has 0 aliphatic carbocycles. The van der Waals surface area contributed by atoms with Crippen molar-refractivity contribution < 1.29 is 0 Å². The number of piperidine rings is 1. The zero-order valence-corrected chi connectivity index (χ0v) is 17.3. The van der Waals surface area contributed by atoms with Gasteiger partial charge in [-0.2, -0.15) is 0 Å². The van der Waals surface area contributed by atoms with E-state index in [2.05, 4.69) is 82.9 Å². The molecule has 5 nitrogen and oxygen atoms in total. The molecule has 1 saturated heterocycles. The Kier molecular flexibility index (Phi) is 5.88. The number of aliphatic imine (C=N–C) groups is 1. The molecule has 2 unspecified atom stereocenters. The average molecular weight is 368 g/mol. The molecule has 0 bridgehead atoms. The van der Waals surface area contributed by atoms with E-state index >= 15 is 0 Å². The van der Waals surface area contributed by atoms with Crippen molar-refractivity contribution in [3.8, 4) is 0 Å². The van der Waals surface area contributed by atoms with Crippen molar-refractivity contribution >= 4 is 5.96 Å². The van der Waals surface area contributed by atoms with E-state index in [1.165, 1.54) is 11.1 Å². The summed E-state index contributed by atoms with van der Waals surface area (Å²) in [4.78, 5) is 11.2. The monoisotopic (exact) mass is 367 g/mol. The van der Waals surface area contributed by atoms with Crippen LogP contribution < -0.4 is 5.32 Å². The lowest BCUT2D eigenvalue weighted by molar-refractivity contribution is 0.188. The number of hydrogen-bond acceptors (Lipinski definition) is 2. The topological polar surface area (TPSA) is 45.5 Å². The van der Waals surface area contributed by atoms with Crippen LogP contribution in [-0.2, 0) is 5.41 Å². The standard InChI is InChI=1S/C22H33N5/c1-17-7-6-8-19(13-17)22(3,4)15-25-21(23-5)26-11-9-18(2)20(14-26)27-12-10-24-16-27/h6-8,10,12-13,16,18,20H,9,11,14-15H2,1-5H3,(H,23,25). The second kappa shape index (κ2) is 8.15. The quantitative estimate of drug-likeness (QED) is 0.663. The predicted molar refractivity (Wildman–Crippen MR) is 112 cm³/mol. The summed E-state index contributed by atoms with van der Waals surface area (Å²) < 4.78 is 2.24. The molecular formula is C22H33N5. The van der Waals surface area contributed by atoms with Crippen molar-refractivity contribution in [2.24, 2.45) is 10.9 Å². The van der Waals surface area contributed by atoms with Gasteiger partial charge in [-0.1, -0.05) is 50.6 Å². The molecule has 2 aromatic rings. The first kappa shape index (κ1) is 19.5. The smallest absolute Gasteiger partial charge is 0.193 e. The molecule has 2 heterocycles. The van der Waals surface area contributed by atoms with Crippen molar-refractivity contribution in [3.63, 3.8) is 0 Å². The van der Waals surface area contributed by atoms with Crippen molar-refractivity contribution in [1.82, 2.24) is 19.8 Å². The van der Waals surface area contributed by atoms with Gasteiger partial charge in [0.25, 0.3) is 0 Å². The maximum absolute atomic E-state index is 4.57. The first-order valence-electron chi connectivity index (χ1n) is 9.91. The zero-order valence-electron chi connectivity index (χ0n) is 17.3. The largest absolute Gasteiger partial charge is 0.355 e. The summed E-state index contributed by atoms with van der Waals surface area (Å²) in [6.07, 6.45) is 7.03. The Balaban J connectivity index is 1.67. The van der Waals surface area contributed by atoms with Crippen LogP contribution in [0.5, 0.6) is 0 Å². The van der Waals surface area contributed by atoms with Gasteiger partial charge in [0, 0.05) is 44.5 Å². The highest BCUT2D eigenvalue weighted by Gasteiger charge is 2.30. The average Bonchev–Trinajstić information content (AvgIpc) is 3.18. The van der Waals surface area contributed by atoms with Crippen LogP contribution in [0.25, 0.3) is 0 Å². The summed E-state index contributed by atoms with van der Waals surface area (Å²) in [7, 11) is 1.88. The highest BCUT2D eigenvalue weighted by Crippen LogP contribution is 2.28. The molecule has 1 N–H and O–H groups in total. The van der Waals surface area contributed by atoms with Gasteiger partial charge in [0.15, 0.2) is 5.96 Å². The molecule has 5 heteroatoms. The third-order valence-electron chi connectivity index (χ3n) is 5.83. The van der Waals surface area contributed by atoms with Crippen LogP contribution in [0.1, 0.15) is 44.4 Å². The number of guanidine groups is 1. The molecule has 2 atom stereocenters. The van der Waals surface area contributed by atoms with Crippen LogP contribution in [0.15, 0.2) is 48.0 Å². The Morgan fingerprint density at radius 3 is 2.85 bits per heavy atom. The second-order valence-electron chi connectivity index (χ2n) is 8.44. The molecule has 0 spiro atoms. The van der Waals surface area contributed by atoms with Crippen molar-refractivity contribution in [2.45, 2.75) is 45.6 Å². The molecule has 0 saturated carbocycles. The van der Waals surface area contributed by atoms with E-state index in [4.69, 9.17) is 0 Å². The van der Waals surface area contributed by atoms with Crippen LogP contribution >= 0.6 is 0 Å². The van der Waals surface area contributed by atoms with Gasteiger partial charge in [-0.05, 0) is 24.8 Å². The Hall–Kier alpha value is -2.30. The Morgan fingerprint density at radius 2 is 2.19 bits per heavy atom. The fraction of sp³-hybridized carbons (Fsp3) is 0.545. The molecule has 0 amide bonds. The Labute approximate surface area is 163 Å². The van der Waals surface area contributed by atoms with E-state index in [1.807, 2.05) is 19.6 Å². The van der Waals surface area contributed by atoms with Gasteiger partial charge < -0.3 is 14.8 Å². The number of benzene rings is 1. The van der Waals surface area contributed by atoms with Crippen LogP contribution in [-0.4, -0.2) is 47.1 Å². The number of aromatic nitrogens is 2. The highest BCUT2D eigenvalue weighted by molar-refractivity contribution is 5.80. The lowest BCUT2D eigenvalue weighted by Gasteiger charge is -2.40. The van der Waals surface area contributed by atoms with Crippen molar-refractivity contribution in [3.05, 3.63) is 54.1 Å². The first-order valence-corrected chi connectivity index (χ1v) is 9.91. The van der Waals surface area contributed by atoms with Gasteiger partial charge in [0.1, 0.15) is 0 Å². The number of hydrogen-bond donors (Lipinski definition) is 1. The highest BCUT2D eigenvalue weighted by atomic mass is 15.3. The maximum atomic E-state index is 4.57. The molecule has 1 aliphatic heterocycles. The first-order chi connectivity index (χ1) is 12.9. The van der Waals surface area contributed by atoms with Gasteiger partial charge in [-0.25, -0.2) is 4.98 Å². The summed E-state index contributed by atoms with van der Waals surface area (Å²) in [6, 6.07) is 9.22. The van der Waals surface area contributed by atoms with E-state index in [0.717, 1.165) is 32.0 Å². The number of likely N-dealkylation sites (tertiary alicyclic amines) is 1. The molecule has 1 aromatic carbocycles. The SMILES string of the molecule is CN=C(NCC(C)(C)c1cccc(C)c1)N1CCC(C)C(n2ccnc2)C1. The minimum absolute atomic E-state index is 0.0365. The van der Waals surface area contributed by atoms with Gasteiger partial charge in [0.05, 0.1) is 12.4 Å². The zero-order chi connectivity index (χ0) is 19.4. The van der Waals surface area contributed by atoms with E-state index in [0.29, 0.717) is 12.0 Å². The number of rotatable bonds is 4. The van der Waals surface area contributed by atoms with Gasteiger partial charge in [-0.3, -0.25) is 4.99 Å². The van der Waals surface area contributed by atoms with E-state index in [-0.39, 0.29) is 5.41 Å². The fourth-order valence-corrected chi connectivity index (χ4v) is 3.90. The third-order valence-corrected chi connectivity index (χ3v) is 5.83. The normalized spacial score (nSPS) is 21.4. The maximum Gasteiger partial charge on any atom is 0.193 e. The van der Waals surface area contributed by atoms with Gasteiger partial charge in [0.2, 0.25) is 0 Å². The number of nitrogens with one attached hydrogen (secondary N) is 1. The van der Waals surface area contributed by atoms with Crippen LogP contribution in [0.2, 0.25) is 0 Å². The fourth-order valence-electron chi connectivity index (χ4n) is 3.90. The lowest BCUT2D eigenvalue weighted by Crippen LogP contribution is -2.51. The van der Waals surface area contributed by atoms with E-state index < -0.39 is 0 Å². The van der Waals surface area contributed by atoms with Crippen LogP contribution in [0.3, 0.4) is 0 Å². The van der Waals surface area contributed by atoms with Crippen LogP contribution in [0.4, 0.5) is 0 Å². The van der Waals surface area contributed by atoms with Crippen molar-refractivity contribution in [2.75, 3.05) is 26.7 Å². The van der Waals surface area contributed by atoms with E-state index in [1.54, 1.807) is 0 Å². The molecule has 0 radical (unpaired) electrons. The number of imidazole rings is 1. The molecule has 27 heavy (non-hydrogen) atoms. The Bertz CT molecular complexity index is 763. The predicted octanol–water partition coefficient (Wildman–Crippen LogP) is 3.63. The molecular weight excluding hydrogens is 334 g/mol. The van der Waals surface area contributed by atoms with Gasteiger partial charge in [-0.15, -0.1) is 0 Å². The third kappa shape index (κ3) is 4.52.